The van der Waals surface area contributed by atoms with E-state index in [1.165, 1.54) is 11.0 Å². The average Bonchev–Trinajstić information content (AvgIpc) is 2.38. The quantitative estimate of drug-likeness (QED) is 0.451. The molecule has 1 aromatic rings. The largest absolute Gasteiger partial charge is 0.383 e. The van der Waals surface area contributed by atoms with Gasteiger partial charge in [0.1, 0.15) is 0 Å². The van der Waals surface area contributed by atoms with Crippen molar-refractivity contribution in [2.45, 2.75) is 11.8 Å². The minimum Gasteiger partial charge on any atom is -0.383 e. The zero-order chi connectivity index (χ0) is 15.3. The zero-order valence-electron chi connectivity index (χ0n) is 11.6. The van der Waals surface area contributed by atoms with E-state index in [4.69, 9.17) is 4.74 Å². The number of amides is 1. The van der Waals surface area contributed by atoms with Crippen LogP contribution >= 0.6 is 15.9 Å². The third-order valence-corrected chi connectivity index (χ3v) is 3.37. The fraction of sp³-hybridized carbons (Fsp3) is 0.462. The molecule has 0 aliphatic carbocycles. The van der Waals surface area contributed by atoms with E-state index in [0.29, 0.717) is 24.3 Å². The van der Waals surface area contributed by atoms with Crippen molar-refractivity contribution in [2.75, 3.05) is 27.3 Å². The van der Waals surface area contributed by atoms with Gasteiger partial charge in [-0.1, -0.05) is 22.0 Å². The summed E-state index contributed by atoms with van der Waals surface area (Å²) in [4.78, 5) is 24.1. The molecule has 0 heterocycles. The van der Waals surface area contributed by atoms with E-state index in [1.54, 1.807) is 33.2 Å². The molecule has 0 fully saturated rings. The number of hydrogen-bond donors (Lipinski definition) is 0. The summed E-state index contributed by atoms with van der Waals surface area (Å²) in [5.74, 6) is -0.256. The maximum Gasteiger partial charge on any atom is 0.273 e. The second-order valence-electron chi connectivity index (χ2n) is 4.50. The van der Waals surface area contributed by atoms with E-state index >= 15 is 0 Å². The van der Waals surface area contributed by atoms with Crippen LogP contribution in [0, 0.1) is 17.0 Å². The number of carbonyl (C=O) groups is 1. The lowest BCUT2D eigenvalue weighted by molar-refractivity contribution is -0.385. The van der Waals surface area contributed by atoms with Crippen molar-refractivity contribution in [3.05, 3.63) is 39.4 Å². The van der Waals surface area contributed by atoms with Gasteiger partial charge in [0.15, 0.2) is 0 Å². The zero-order valence-corrected chi connectivity index (χ0v) is 13.2. The molecule has 1 amide bonds. The number of ether oxygens (including phenoxy) is 1. The first-order valence-electron chi connectivity index (χ1n) is 6.00. The van der Waals surface area contributed by atoms with Crippen molar-refractivity contribution in [3.63, 3.8) is 0 Å². The Labute approximate surface area is 126 Å². The fourth-order valence-electron chi connectivity index (χ4n) is 1.77. The maximum atomic E-state index is 12.2. The molecule has 1 atom stereocenters. The molecular formula is C13H17BrN2O4. The molecule has 0 aromatic heterocycles. The molecule has 0 radical (unpaired) electrons. The van der Waals surface area contributed by atoms with Crippen molar-refractivity contribution < 1.29 is 14.5 Å². The first kappa shape index (κ1) is 16.6. The molecule has 1 aromatic carbocycles. The van der Waals surface area contributed by atoms with Crippen LogP contribution in [-0.2, 0) is 4.74 Å². The van der Waals surface area contributed by atoms with Crippen LogP contribution in [0.15, 0.2) is 18.2 Å². The molecular weight excluding hydrogens is 328 g/mol. The topological polar surface area (TPSA) is 72.7 Å². The number of nitrogens with zero attached hydrogens (tertiary/aromatic N) is 2. The Bertz CT molecular complexity index is 507. The summed E-state index contributed by atoms with van der Waals surface area (Å²) in [6.07, 6.45) is 0. The molecule has 7 heteroatoms. The number of alkyl halides is 1. The van der Waals surface area contributed by atoms with E-state index < -0.39 is 4.92 Å². The van der Waals surface area contributed by atoms with Gasteiger partial charge in [0, 0.05) is 37.9 Å². The lowest BCUT2D eigenvalue weighted by Crippen LogP contribution is -2.33. The molecule has 1 unspecified atom stereocenters. The van der Waals surface area contributed by atoms with Gasteiger partial charge in [-0.05, 0) is 13.0 Å². The molecule has 20 heavy (non-hydrogen) atoms. The van der Waals surface area contributed by atoms with Gasteiger partial charge in [0.2, 0.25) is 0 Å². The summed E-state index contributed by atoms with van der Waals surface area (Å²) < 4.78 is 4.98. The van der Waals surface area contributed by atoms with E-state index in [0.717, 1.165) is 0 Å². The Kier molecular flexibility index (Phi) is 6.09. The Morgan fingerprint density at radius 2 is 2.20 bits per heavy atom. The van der Waals surface area contributed by atoms with Gasteiger partial charge < -0.3 is 9.64 Å². The van der Waals surface area contributed by atoms with Crippen LogP contribution in [0.1, 0.15) is 15.9 Å². The molecule has 1 rings (SSSR count). The molecule has 0 aliphatic rings. The Morgan fingerprint density at radius 3 is 2.75 bits per heavy atom. The van der Waals surface area contributed by atoms with Gasteiger partial charge in [-0.15, -0.1) is 0 Å². The third kappa shape index (κ3) is 4.28. The Morgan fingerprint density at radius 1 is 1.55 bits per heavy atom. The van der Waals surface area contributed by atoms with Gasteiger partial charge >= 0.3 is 0 Å². The molecule has 0 N–H and O–H groups in total. The molecule has 0 bridgehead atoms. The number of nitro groups is 1. The molecule has 0 aliphatic heterocycles. The summed E-state index contributed by atoms with van der Waals surface area (Å²) >= 11 is 3.40. The smallest absolute Gasteiger partial charge is 0.273 e. The van der Waals surface area contributed by atoms with Crippen LogP contribution in [0.25, 0.3) is 0 Å². The number of halogens is 1. The lowest BCUT2D eigenvalue weighted by Gasteiger charge is -2.20. The fourth-order valence-corrected chi connectivity index (χ4v) is 2.47. The van der Waals surface area contributed by atoms with Gasteiger partial charge in [-0.2, -0.15) is 0 Å². The van der Waals surface area contributed by atoms with Crippen molar-refractivity contribution in [3.8, 4) is 0 Å². The number of rotatable bonds is 6. The van der Waals surface area contributed by atoms with E-state index in [-0.39, 0.29) is 16.4 Å². The summed E-state index contributed by atoms with van der Waals surface area (Å²) in [5, 5.41) is 10.9. The standard InChI is InChI=1S/C13H17BrN2O4/c1-9-4-5-10(6-12(9)16(18)19)13(17)15(2)7-11(14)8-20-3/h4-6,11H,7-8H2,1-3H3. The first-order valence-corrected chi connectivity index (χ1v) is 6.92. The van der Waals surface area contributed by atoms with Crippen LogP contribution in [0.4, 0.5) is 5.69 Å². The third-order valence-electron chi connectivity index (χ3n) is 2.82. The first-order chi connectivity index (χ1) is 9.36. The summed E-state index contributed by atoms with van der Waals surface area (Å²) in [5.41, 5.74) is 0.797. The second-order valence-corrected chi connectivity index (χ2v) is 5.79. The summed E-state index contributed by atoms with van der Waals surface area (Å²) in [7, 11) is 3.23. The van der Waals surface area contributed by atoms with Gasteiger partial charge in [0.05, 0.1) is 16.4 Å². The highest BCUT2D eigenvalue weighted by molar-refractivity contribution is 9.09. The maximum absolute atomic E-state index is 12.2. The van der Waals surface area contributed by atoms with Crippen LogP contribution in [0.3, 0.4) is 0 Å². The number of hydrogen-bond acceptors (Lipinski definition) is 4. The van der Waals surface area contributed by atoms with Crippen LogP contribution < -0.4 is 0 Å². The number of nitro benzene ring substituents is 1. The molecule has 0 spiro atoms. The molecule has 110 valence electrons. The highest BCUT2D eigenvalue weighted by Crippen LogP contribution is 2.20. The molecule has 6 nitrogen and oxygen atoms in total. The van der Waals surface area contributed by atoms with E-state index in [9.17, 15) is 14.9 Å². The SMILES string of the molecule is COCC(Br)CN(C)C(=O)c1ccc(C)c([N+](=O)[O-])c1. The number of benzene rings is 1. The summed E-state index contributed by atoms with van der Waals surface area (Å²) in [6, 6.07) is 4.49. The Hall–Kier alpha value is -1.47. The predicted octanol–water partition coefficient (Wildman–Crippen LogP) is 2.39. The van der Waals surface area contributed by atoms with Crippen LogP contribution in [-0.4, -0.2) is 47.9 Å². The normalized spacial score (nSPS) is 12.0. The van der Waals surface area contributed by atoms with Crippen molar-refractivity contribution >= 4 is 27.5 Å². The monoisotopic (exact) mass is 344 g/mol. The van der Waals surface area contributed by atoms with Crippen LogP contribution in [0.5, 0.6) is 0 Å². The number of methoxy groups -OCH3 is 1. The number of aryl methyl sites for hydroxylation is 1. The average molecular weight is 345 g/mol. The van der Waals surface area contributed by atoms with Gasteiger partial charge in [-0.25, -0.2) is 0 Å². The minimum atomic E-state index is -0.482. The van der Waals surface area contributed by atoms with Gasteiger partial charge in [0.25, 0.3) is 11.6 Å². The second kappa shape index (κ2) is 7.35. The summed E-state index contributed by atoms with van der Waals surface area (Å²) in [6.45, 7) is 2.57. The Balaban J connectivity index is 2.86. The van der Waals surface area contributed by atoms with Crippen molar-refractivity contribution in [1.82, 2.24) is 4.90 Å². The van der Waals surface area contributed by atoms with Crippen molar-refractivity contribution in [1.29, 1.82) is 0 Å². The lowest BCUT2D eigenvalue weighted by atomic mass is 10.1. The van der Waals surface area contributed by atoms with Crippen molar-refractivity contribution in [2.24, 2.45) is 0 Å². The minimum absolute atomic E-state index is 0.0156. The van der Waals surface area contributed by atoms with Gasteiger partial charge in [-0.3, -0.25) is 14.9 Å². The predicted molar refractivity (Wildman–Crippen MR) is 79.4 cm³/mol. The number of carbonyl (C=O) groups excluding carboxylic acids is 1. The molecule has 0 saturated carbocycles. The van der Waals surface area contributed by atoms with E-state index in [2.05, 4.69) is 15.9 Å². The van der Waals surface area contributed by atoms with Crippen LogP contribution in [0.2, 0.25) is 0 Å². The molecule has 0 saturated heterocycles. The highest BCUT2D eigenvalue weighted by Gasteiger charge is 2.19. The highest BCUT2D eigenvalue weighted by atomic mass is 79.9. The van der Waals surface area contributed by atoms with E-state index in [1.807, 2.05) is 0 Å².